The van der Waals surface area contributed by atoms with Gasteiger partial charge in [0.1, 0.15) is 18.1 Å². The SMILES string of the molecule is COc1ccc(Oc2cccc3c2OC[C@H]3Oc2ccc(C3CC(=O)NS(=O)(=O)N3)cc2)c(C)n1. The molecule has 1 aromatic heterocycles. The van der Waals surface area contributed by atoms with E-state index in [1.807, 2.05) is 29.8 Å². The molecule has 11 heteroatoms. The first-order chi connectivity index (χ1) is 16.8. The number of nitrogens with one attached hydrogen (secondary N) is 2. The third-order valence-corrected chi connectivity index (χ3v) is 6.76. The molecule has 1 fully saturated rings. The van der Waals surface area contributed by atoms with Gasteiger partial charge in [0.2, 0.25) is 11.8 Å². The summed E-state index contributed by atoms with van der Waals surface area (Å²) in [4.78, 5) is 16.0. The van der Waals surface area contributed by atoms with Crippen LogP contribution in [0.1, 0.15) is 35.4 Å². The second-order valence-electron chi connectivity index (χ2n) is 8.10. The molecule has 0 aliphatic carbocycles. The van der Waals surface area contributed by atoms with E-state index in [1.54, 1.807) is 43.5 Å². The average Bonchev–Trinajstić information content (AvgIpc) is 3.23. The van der Waals surface area contributed by atoms with Crippen LogP contribution in [0.3, 0.4) is 0 Å². The summed E-state index contributed by atoms with van der Waals surface area (Å²) in [5, 5.41) is 0. The fraction of sp³-hybridized carbons (Fsp3) is 0.250. The second kappa shape index (κ2) is 9.08. The first kappa shape index (κ1) is 22.9. The van der Waals surface area contributed by atoms with Gasteiger partial charge in [0, 0.05) is 18.1 Å². The van der Waals surface area contributed by atoms with Crippen LogP contribution in [-0.2, 0) is 15.0 Å². The van der Waals surface area contributed by atoms with Crippen molar-refractivity contribution in [3.63, 3.8) is 0 Å². The van der Waals surface area contributed by atoms with Crippen LogP contribution in [0.5, 0.6) is 28.9 Å². The molecule has 5 rings (SSSR count). The van der Waals surface area contributed by atoms with Crippen molar-refractivity contribution in [3.05, 3.63) is 71.4 Å². The quantitative estimate of drug-likeness (QED) is 0.532. The summed E-state index contributed by atoms with van der Waals surface area (Å²) in [6.45, 7) is 2.14. The first-order valence-corrected chi connectivity index (χ1v) is 12.3. The Hall–Kier alpha value is -3.83. The van der Waals surface area contributed by atoms with Gasteiger partial charge in [0.05, 0.1) is 18.8 Å². The van der Waals surface area contributed by atoms with Crippen LogP contribution in [0.15, 0.2) is 54.6 Å². The molecule has 0 spiro atoms. The van der Waals surface area contributed by atoms with E-state index in [0.717, 1.165) is 5.56 Å². The number of para-hydroxylation sites is 1. The molecule has 2 atom stereocenters. The molecule has 3 aromatic rings. The van der Waals surface area contributed by atoms with Crippen molar-refractivity contribution in [1.29, 1.82) is 0 Å². The Morgan fingerprint density at radius 1 is 1.06 bits per heavy atom. The van der Waals surface area contributed by atoms with Crippen molar-refractivity contribution in [2.75, 3.05) is 13.7 Å². The van der Waals surface area contributed by atoms with E-state index in [-0.39, 0.29) is 12.5 Å². The molecule has 10 nitrogen and oxygen atoms in total. The van der Waals surface area contributed by atoms with E-state index < -0.39 is 22.2 Å². The minimum atomic E-state index is -3.84. The van der Waals surface area contributed by atoms with Crippen LogP contribution in [0.25, 0.3) is 0 Å². The highest BCUT2D eigenvalue weighted by Crippen LogP contribution is 2.44. The number of ether oxygens (including phenoxy) is 4. The number of hydrogen-bond acceptors (Lipinski definition) is 8. The zero-order valence-electron chi connectivity index (χ0n) is 19.0. The number of nitrogens with zero attached hydrogens (tertiary/aromatic N) is 1. The van der Waals surface area contributed by atoms with Crippen molar-refractivity contribution in [2.24, 2.45) is 0 Å². The Kier molecular flexibility index (Phi) is 5.95. The van der Waals surface area contributed by atoms with E-state index in [1.165, 1.54) is 0 Å². The summed E-state index contributed by atoms with van der Waals surface area (Å²) in [6.07, 6.45) is -0.330. The monoisotopic (exact) mass is 497 g/mol. The molecular formula is C24H23N3O7S. The van der Waals surface area contributed by atoms with Crippen molar-refractivity contribution in [3.8, 4) is 28.9 Å². The summed E-state index contributed by atoms with van der Waals surface area (Å²) in [7, 11) is -2.28. The van der Waals surface area contributed by atoms with Crippen molar-refractivity contribution in [2.45, 2.75) is 25.5 Å². The Labute approximate surface area is 202 Å². The number of rotatable bonds is 6. The summed E-state index contributed by atoms with van der Waals surface area (Å²) in [5.74, 6) is 2.30. The predicted octanol–water partition coefficient (Wildman–Crippen LogP) is 3.10. The largest absolute Gasteiger partial charge is 0.485 e. The number of amides is 1. The summed E-state index contributed by atoms with van der Waals surface area (Å²) in [6, 6.07) is 15.4. The molecular weight excluding hydrogens is 474 g/mol. The summed E-state index contributed by atoms with van der Waals surface area (Å²) in [5.41, 5.74) is 2.20. The van der Waals surface area contributed by atoms with Crippen molar-refractivity contribution >= 4 is 16.1 Å². The fourth-order valence-electron chi connectivity index (χ4n) is 4.00. The van der Waals surface area contributed by atoms with Gasteiger partial charge in [-0.2, -0.15) is 13.1 Å². The second-order valence-corrected chi connectivity index (χ2v) is 9.55. The lowest BCUT2D eigenvalue weighted by Gasteiger charge is -2.24. The van der Waals surface area contributed by atoms with Crippen LogP contribution in [0.2, 0.25) is 0 Å². The van der Waals surface area contributed by atoms with Gasteiger partial charge in [-0.15, -0.1) is 0 Å². The molecule has 3 heterocycles. The van der Waals surface area contributed by atoms with Gasteiger partial charge in [-0.05, 0) is 36.8 Å². The van der Waals surface area contributed by atoms with Crippen LogP contribution in [0.4, 0.5) is 0 Å². The first-order valence-electron chi connectivity index (χ1n) is 10.9. The topological polar surface area (TPSA) is 125 Å². The van der Waals surface area contributed by atoms with Gasteiger partial charge in [0.25, 0.3) is 0 Å². The van der Waals surface area contributed by atoms with Gasteiger partial charge in [-0.1, -0.05) is 24.3 Å². The van der Waals surface area contributed by atoms with E-state index in [4.69, 9.17) is 18.9 Å². The van der Waals surface area contributed by atoms with Gasteiger partial charge >= 0.3 is 10.2 Å². The molecule has 2 aliphatic heterocycles. The van der Waals surface area contributed by atoms with Crippen molar-refractivity contribution in [1.82, 2.24) is 14.4 Å². The molecule has 1 amide bonds. The summed E-state index contributed by atoms with van der Waals surface area (Å²) < 4.78 is 51.1. The van der Waals surface area contributed by atoms with E-state index in [9.17, 15) is 13.2 Å². The number of aryl methyl sites for hydroxylation is 1. The lowest BCUT2D eigenvalue weighted by atomic mass is 10.0. The Balaban J connectivity index is 1.30. The number of aromatic nitrogens is 1. The average molecular weight is 498 g/mol. The molecule has 1 unspecified atom stereocenters. The lowest BCUT2D eigenvalue weighted by molar-refractivity contribution is -0.120. The van der Waals surface area contributed by atoms with Gasteiger partial charge < -0.3 is 18.9 Å². The van der Waals surface area contributed by atoms with Gasteiger partial charge in [-0.25, -0.2) is 9.71 Å². The molecule has 2 N–H and O–H groups in total. The Bertz CT molecular complexity index is 1380. The molecule has 0 bridgehead atoms. The number of methoxy groups -OCH3 is 1. The maximum Gasteiger partial charge on any atom is 0.301 e. The Morgan fingerprint density at radius 3 is 2.57 bits per heavy atom. The van der Waals surface area contributed by atoms with Gasteiger partial charge in [-0.3, -0.25) is 4.79 Å². The minimum absolute atomic E-state index is 0.0231. The smallest absolute Gasteiger partial charge is 0.301 e. The number of fused-ring (bicyclic) bond motifs is 1. The number of hydrogen-bond donors (Lipinski definition) is 2. The standard InChI is InChI=1S/C24H23N3O7S/c1-14-19(10-11-23(25-14)31-2)34-20-5-3-4-17-21(13-32-24(17)20)33-16-8-6-15(7-9-16)18-12-22(28)27-35(29,30)26-18/h3-11,18,21,26H,12-13H2,1-2H3,(H,27,28)/t18?,21-/m1/s1. The number of pyridine rings is 1. The molecule has 2 aromatic carbocycles. The molecule has 182 valence electrons. The highest BCUT2D eigenvalue weighted by molar-refractivity contribution is 7.88. The molecule has 0 saturated carbocycles. The number of benzene rings is 2. The van der Waals surface area contributed by atoms with Crippen LogP contribution >= 0.6 is 0 Å². The maximum absolute atomic E-state index is 11.7. The Morgan fingerprint density at radius 2 is 1.86 bits per heavy atom. The minimum Gasteiger partial charge on any atom is -0.485 e. The highest BCUT2D eigenvalue weighted by atomic mass is 32.2. The zero-order chi connectivity index (χ0) is 24.6. The zero-order valence-corrected chi connectivity index (χ0v) is 19.8. The fourth-order valence-corrected chi connectivity index (χ4v) is 5.03. The molecule has 0 radical (unpaired) electrons. The summed E-state index contributed by atoms with van der Waals surface area (Å²) >= 11 is 0. The third kappa shape index (κ3) is 4.86. The highest BCUT2D eigenvalue weighted by Gasteiger charge is 2.31. The molecule has 1 saturated heterocycles. The molecule has 35 heavy (non-hydrogen) atoms. The van der Waals surface area contributed by atoms with Crippen LogP contribution < -0.4 is 28.4 Å². The third-order valence-electron chi connectivity index (χ3n) is 5.67. The normalized spacial score (nSPS) is 20.3. The number of carbonyl (C=O) groups excluding carboxylic acids is 1. The molecule has 2 aliphatic rings. The van der Waals surface area contributed by atoms with Crippen molar-refractivity contribution < 1.29 is 32.2 Å². The predicted molar refractivity (Wildman–Crippen MR) is 125 cm³/mol. The van der Waals surface area contributed by atoms with Crippen LogP contribution in [0, 0.1) is 6.92 Å². The maximum atomic E-state index is 11.7. The van der Waals surface area contributed by atoms with E-state index in [2.05, 4.69) is 9.71 Å². The number of carbonyl (C=O) groups is 1. The van der Waals surface area contributed by atoms with Crippen LogP contribution in [-0.4, -0.2) is 33.0 Å². The van der Waals surface area contributed by atoms with E-state index >= 15 is 0 Å². The lowest BCUT2D eigenvalue weighted by Crippen LogP contribution is -2.48. The van der Waals surface area contributed by atoms with E-state index in [0.29, 0.717) is 46.7 Å². The van der Waals surface area contributed by atoms with Gasteiger partial charge in [0.15, 0.2) is 17.6 Å².